The molecule has 1 N–H and O–H groups in total. The molecule has 0 aliphatic rings. The lowest BCUT2D eigenvalue weighted by molar-refractivity contribution is 0.0940. The molecule has 1 amide bonds. The lowest BCUT2D eigenvalue weighted by Gasteiger charge is -2.15. The van der Waals surface area contributed by atoms with Gasteiger partial charge in [-0.2, -0.15) is 0 Å². The molecular formula is C16H15BrClNO. The monoisotopic (exact) mass is 351 g/mol. The summed E-state index contributed by atoms with van der Waals surface area (Å²) in [5, 5.41) is 3.57. The van der Waals surface area contributed by atoms with Gasteiger partial charge in [0.05, 0.1) is 11.1 Å². The maximum Gasteiger partial charge on any atom is 0.251 e. The van der Waals surface area contributed by atoms with Crippen molar-refractivity contribution >= 4 is 33.4 Å². The van der Waals surface area contributed by atoms with E-state index in [0.29, 0.717) is 10.6 Å². The van der Waals surface area contributed by atoms with Crippen LogP contribution in [0.2, 0.25) is 5.02 Å². The SMILES string of the molecule is Cc1ccc(C(C)NC(=O)c2ccc(Cl)c(Br)c2)cc1. The minimum absolute atomic E-state index is 0.0439. The highest BCUT2D eigenvalue weighted by Gasteiger charge is 2.12. The normalized spacial score (nSPS) is 12.0. The van der Waals surface area contributed by atoms with Gasteiger partial charge in [0.2, 0.25) is 0 Å². The summed E-state index contributed by atoms with van der Waals surface area (Å²) in [5.74, 6) is -0.115. The van der Waals surface area contributed by atoms with E-state index in [1.165, 1.54) is 5.56 Å². The van der Waals surface area contributed by atoms with E-state index in [1.807, 2.05) is 38.1 Å². The molecule has 0 bridgehead atoms. The smallest absolute Gasteiger partial charge is 0.251 e. The highest BCUT2D eigenvalue weighted by atomic mass is 79.9. The second kappa shape index (κ2) is 6.42. The van der Waals surface area contributed by atoms with Gasteiger partial charge in [-0.3, -0.25) is 4.79 Å². The molecule has 1 atom stereocenters. The van der Waals surface area contributed by atoms with Gasteiger partial charge in [0, 0.05) is 10.0 Å². The van der Waals surface area contributed by atoms with Crippen molar-refractivity contribution in [3.63, 3.8) is 0 Å². The third kappa shape index (κ3) is 3.62. The Balaban J connectivity index is 2.10. The van der Waals surface area contributed by atoms with Gasteiger partial charge in [-0.15, -0.1) is 0 Å². The van der Waals surface area contributed by atoms with Crippen LogP contribution >= 0.6 is 27.5 Å². The number of aryl methyl sites for hydroxylation is 1. The minimum Gasteiger partial charge on any atom is -0.346 e. The van der Waals surface area contributed by atoms with Crippen molar-refractivity contribution in [3.8, 4) is 0 Å². The molecule has 0 saturated carbocycles. The Hall–Kier alpha value is -1.32. The highest BCUT2D eigenvalue weighted by molar-refractivity contribution is 9.10. The fourth-order valence-electron chi connectivity index (χ4n) is 1.86. The molecule has 0 spiro atoms. The zero-order chi connectivity index (χ0) is 14.7. The van der Waals surface area contributed by atoms with E-state index in [0.717, 1.165) is 10.0 Å². The first-order valence-electron chi connectivity index (χ1n) is 6.30. The van der Waals surface area contributed by atoms with E-state index < -0.39 is 0 Å². The van der Waals surface area contributed by atoms with Crippen LogP contribution in [-0.2, 0) is 0 Å². The van der Waals surface area contributed by atoms with Gasteiger partial charge in [-0.05, 0) is 53.5 Å². The van der Waals surface area contributed by atoms with E-state index in [2.05, 4.69) is 21.2 Å². The number of carbonyl (C=O) groups excluding carboxylic acids is 1. The van der Waals surface area contributed by atoms with Gasteiger partial charge < -0.3 is 5.32 Å². The lowest BCUT2D eigenvalue weighted by atomic mass is 10.1. The topological polar surface area (TPSA) is 29.1 Å². The second-order valence-corrected chi connectivity index (χ2v) is 6.00. The zero-order valence-corrected chi connectivity index (χ0v) is 13.6. The first kappa shape index (κ1) is 15.1. The highest BCUT2D eigenvalue weighted by Crippen LogP contribution is 2.23. The molecule has 2 aromatic carbocycles. The quantitative estimate of drug-likeness (QED) is 0.836. The zero-order valence-electron chi connectivity index (χ0n) is 11.3. The molecule has 4 heteroatoms. The predicted molar refractivity (Wildman–Crippen MR) is 86.2 cm³/mol. The van der Waals surface area contributed by atoms with Gasteiger partial charge in [-0.1, -0.05) is 41.4 Å². The second-order valence-electron chi connectivity index (χ2n) is 4.73. The molecule has 1 unspecified atom stereocenters. The number of rotatable bonds is 3. The molecule has 0 radical (unpaired) electrons. The van der Waals surface area contributed by atoms with Crippen LogP contribution in [0.25, 0.3) is 0 Å². The summed E-state index contributed by atoms with van der Waals surface area (Å²) in [6.45, 7) is 4.01. The largest absolute Gasteiger partial charge is 0.346 e. The third-order valence-corrected chi connectivity index (χ3v) is 4.32. The van der Waals surface area contributed by atoms with Gasteiger partial charge in [0.1, 0.15) is 0 Å². The molecule has 2 rings (SSSR count). The van der Waals surface area contributed by atoms with E-state index in [1.54, 1.807) is 18.2 Å². The molecular weight excluding hydrogens is 338 g/mol. The maximum atomic E-state index is 12.2. The lowest BCUT2D eigenvalue weighted by Crippen LogP contribution is -2.26. The molecule has 0 heterocycles. The molecule has 104 valence electrons. The summed E-state index contributed by atoms with van der Waals surface area (Å²) in [6, 6.07) is 13.2. The van der Waals surface area contributed by atoms with Crippen LogP contribution in [0.4, 0.5) is 0 Å². The summed E-state index contributed by atoms with van der Waals surface area (Å²) in [4.78, 5) is 12.2. The maximum absolute atomic E-state index is 12.2. The molecule has 0 aromatic heterocycles. The molecule has 2 aromatic rings. The number of nitrogens with one attached hydrogen (secondary N) is 1. The van der Waals surface area contributed by atoms with Crippen molar-refractivity contribution in [2.45, 2.75) is 19.9 Å². The first-order chi connectivity index (χ1) is 9.47. The van der Waals surface area contributed by atoms with Crippen LogP contribution in [0.5, 0.6) is 0 Å². The van der Waals surface area contributed by atoms with Crippen molar-refractivity contribution < 1.29 is 4.79 Å². The van der Waals surface area contributed by atoms with Crippen molar-refractivity contribution in [2.24, 2.45) is 0 Å². The fourth-order valence-corrected chi connectivity index (χ4v) is 2.35. The van der Waals surface area contributed by atoms with Crippen LogP contribution in [-0.4, -0.2) is 5.91 Å². The van der Waals surface area contributed by atoms with E-state index in [-0.39, 0.29) is 11.9 Å². The molecule has 20 heavy (non-hydrogen) atoms. The van der Waals surface area contributed by atoms with Gasteiger partial charge in [0.15, 0.2) is 0 Å². The van der Waals surface area contributed by atoms with E-state index in [9.17, 15) is 4.79 Å². The van der Waals surface area contributed by atoms with Gasteiger partial charge >= 0.3 is 0 Å². The Morgan fingerprint density at radius 2 is 1.85 bits per heavy atom. The number of halogens is 2. The summed E-state index contributed by atoms with van der Waals surface area (Å²) in [7, 11) is 0. The Morgan fingerprint density at radius 1 is 1.20 bits per heavy atom. The summed E-state index contributed by atoms with van der Waals surface area (Å²) >= 11 is 9.24. The average Bonchev–Trinajstić information content (AvgIpc) is 2.42. The number of carbonyl (C=O) groups is 1. The molecule has 0 aliphatic carbocycles. The molecule has 0 aliphatic heterocycles. The Kier molecular flexibility index (Phi) is 4.84. The molecule has 0 saturated heterocycles. The van der Waals surface area contributed by atoms with Crippen LogP contribution in [0, 0.1) is 6.92 Å². The Bertz CT molecular complexity index is 625. The number of hydrogen-bond donors (Lipinski definition) is 1. The number of benzene rings is 2. The van der Waals surface area contributed by atoms with Gasteiger partial charge in [0.25, 0.3) is 5.91 Å². The van der Waals surface area contributed by atoms with Crippen LogP contribution in [0.1, 0.15) is 34.5 Å². The van der Waals surface area contributed by atoms with Crippen molar-refractivity contribution in [1.29, 1.82) is 0 Å². The third-order valence-electron chi connectivity index (χ3n) is 3.11. The minimum atomic E-state index is -0.115. The number of hydrogen-bond acceptors (Lipinski definition) is 1. The van der Waals surface area contributed by atoms with Crippen LogP contribution in [0.3, 0.4) is 0 Å². The van der Waals surface area contributed by atoms with Crippen LogP contribution < -0.4 is 5.32 Å². The summed E-state index contributed by atoms with van der Waals surface area (Å²) < 4.78 is 0.717. The Labute approximate surface area is 132 Å². The van der Waals surface area contributed by atoms with Crippen molar-refractivity contribution in [2.75, 3.05) is 0 Å². The number of amides is 1. The van der Waals surface area contributed by atoms with Crippen LogP contribution in [0.15, 0.2) is 46.9 Å². The van der Waals surface area contributed by atoms with Crippen molar-refractivity contribution in [3.05, 3.63) is 68.7 Å². The fraction of sp³-hybridized carbons (Fsp3) is 0.188. The molecule has 0 fully saturated rings. The molecule has 2 nitrogen and oxygen atoms in total. The Morgan fingerprint density at radius 3 is 2.45 bits per heavy atom. The summed E-state index contributed by atoms with van der Waals surface area (Å²) in [6.07, 6.45) is 0. The predicted octanol–water partition coefficient (Wildman–Crippen LogP) is 4.90. The average molecular weight is 353 g/mol. The van der Waals surface area contributed by atoms with Crippen molar-refractivity contribution in [1.82, 2.24) is 5.32 Å². The van der Waals surface area contributed by atoms with E-state index >= 15 is 0 Å². The first-order valence-corrected chi connectivity index (χ1v) is 7.47. The van der Waals surface area contributed by atoms with Gasteiger partial charge in [-0.25, -0.2) is 0 Å². The van der Waals surface area contributed by atoms with E-state index in [4.69, 9.17) is 11.6 Å². The standard InChI is InChI=1S/C16H15BrClNO/c1-10-3-5-12(6-4-10)11(2)19-16(20)13-7-8-15(18)14(17)9-13/h3-9,11H,1-2H3,(H,19,20). The summed E-state index contributed by atoms with van der Waals surface area (Å²) in [5.41, 5.74) is 2.87.